The Morgan fingerprint density at radius 2 is 2.00 bits per heavy atom. The number of benzene rings is 1. The van der Waals surface area contributed by atoms with Crippen LogP contribution in [0.15, 0.2) is 16.6 Å². The van der Waals surface area contributed by atoms with Crippen LogP contribution in [0, 0.1) is 0 Å². The first-order valence-corrected chi connectivity index (χ1v) is 6.10. The highest BCUT2D eigenvalue weighted by Crippen LogP contribution is 2.39. The number of amides is 1. The number of esters is 1. The molecule has 0 radical (unpaired) electrons. The van der Waals surface area contributed by atoms with Gasteiger partial charge in [-0.25, -0.2) is 4.79 Å². The van der Waals surface area contributed by atoms with Gasteiger partial charge >= 0.3 is 18.1 Å². The summed E-state index contributed by atoms with van der Waals surface area (Å²) in [6.45, 7) is 1.38. The fourth-order valence-corrected chi connectivity index (χ4v) is 1.83. The topological polar surface area (TPSA) is 81.4 Å². The van der Waals surface area contributed by atoms with Gasteiger partial charge < -0.3 is 15.8 Å². The van der Waals surface area contributed by atoms with Crippen molar-refractivity contribution in [3.63, 3.8) is 0 Å². The molecule has 1 aromatic rings. The molecule has 0 fully saturated rings. The summed E-state index contributed by atoms with van der Waals surface area (Å²) in [4.78, 5) is 22.5. The van der Waals surface area contributed by atoms with E-state index >= 15 is 0 Å². The Kier molecular flexibility index (Phi) is 4.98. The van der Waals surface area contributed by atoms with Gasteiger partial charge in [-0.05, 0) is 19.1 Å². The molecular formula is C11H10BrF3N2O3. The van der Waals surface area contributed by atoms with Crippen molar-refractivity contribution in [1.29, 1.82) is 0 Å². The zero-order chi connectivity index (χ0) is 15.5. The molecule has 1 amide bonds. The predicted octanol–water partition coefficient (Wildman–Crippen LogP) is 2.55. The largest absolute Gasteiger partial charge is 0.459 e. The van der Waals surface area contributed by atoms with Gasteiger partial charge in [0.1, 0.15) is 0 Å². The molecule has 0 bridgehead atoms. The highest BCUT2D eigenvalue weighted by Gasteiger charge is 2.36. The molecule has 1 rings (SSSR count). The first kappa shape index (κ1) is 16.3. The Morgan fingerprint density at radius 1 is 1.40 bits per heavy atom. The van der Waals surface area contributed by atoms with E-state index in [0.717, 1.165) is 6.07 Å². The van der Waals surface area contributed by atoms with Gasteiger partial charge in [0.25, 0.3) is 0 Å². The van der Waals surface area contributed by atoms with Crippen molar-refractivity contribution in [3.05, 3.63) is 22.2 Å². The van der Waals surface area contributed by atoms with Gasteiger partial charge in [-0.2, -0.15) is 13.2 Å². The molecule has 20 heavy (non-hydrogen) atoms. The Hall–Kier alpha value is -1.77. The van der Waals surface area contributed by atoms with Crippen LogP contribution in [0.2, 0.25) is 0 Å². The van der Waals surface area contributed by atoms with Gasteiger partial charge in [-0.3, -0.25) is 4.79 Å². The van der Waals surface area contributed by atoms with E-state index in [-0.39, 0.29) is 16.8 Å². The first-order valence-electron chi connectivity index (χ1n) is 5.31. The van der Waals surface area contributed by atoms with Gasteiger partial charge in [0.15, 0.2) is 0 Å². The summed E-state index contributed by atoms with van der Waals surface area (Å²) >= 11 is 2.88. The monoisotopic (exact) mass is 354 g/mol. The smallest absolute Gasteiger partial charge is 0.418 e. The van der Waals surface area contributed by atoms with E-state index in [1.165, 1.54) is 13.0 Å². The number of nitrogen functional groups attached to an aromatic ring is 1. The van der Waals surface area contributed by atoms with Gasteiger partial charge in [0, 0.05) is 4.47 Å². The van der Waals surface area contributed by atoms with Crippen molar-refractivity contribution in [2.24, 2.45) is 0 Å². The minimum Gasteiger partial charge on any atom is -0.459 e. The third kappa shape index (κ3) is 3.86. The summed E-state index contributed by atoms with van der Waals surface area (Å²) in [6, 6.07) is 1.92. The molecule has 0 aliphatic carbocycles. The summed E-state index contributed by atoms with van der Waals surface area (Å²) in [5.41, 5.74) is 3.27. The number of carbonyl (C=O) groups is 2. The minimum atomic E-state index is -4.74. The fourth-order valence-electron chi connectivity index (χ4n) is 1.35. The van der Waals surface area contributed by atoms with Crippen LogP contribution < -0.4 is 11.1 Å². The summed E-state index contributed by atoms with van der Waals surface area (Å²) in [5.74, 6) is -2.62. The molecule has 0 saturated carbocycles. The fraction of sp³-hybridized carbons (Fsp3) is 0.273. The second-order valence-corrected chi connectivity index (χ2v) is 4.51. The lowest BCUT2D eigenvalue weighted by molar-refractivity contribution is -0.152. The molecular weight excluding hydrogens is 345 g/mol. The number of nitrogens with one attached hydrogen (secondary N) is 1. The molecule has 0 aliphatic heterocycles. The average molecular weight is 355 g/mol. The maximum Gasteiger partial charge on any atom is 0.418 e. The number of anilines is 2. The van der Waals surface area contributed by atoms with Crippen molar-refractivity contribution in [3.8, 4) is 0 Å². The van der Waals surface area contributed by atoms with Gasteiger partial charge in [0.05, 0.1) is 23.5 Å². The number of alkyl halides is 3. The van der Waals surface area contributed by atoms with Crippen LogP contribution in [-0.4, -0.2) is 18.5 Å². The van der Waals surface area contributed by atoms with Crippen LogP contribution >= 0.6 is 15.9 Å². The molecule has 0 aliphatic rings. The molecule has 0 spiro atoms. The Balaban J connectivity index is 3.18. The number of carbonyl (C=O) groups excluding carboxylic acids is 2. The van der Waals surface area contributed by atoms with Crippen LogP contribution in [0.3, 0.4) is 0 Å². The number of rotatable bonds is 2. The number of ether oxygens (including phenoxy) is 1. The lowest BCUT2D eigenvalue weighted by Gasteiger charge is -2.16. The van der Waals surface area contributed by atoms with Crippen molar-refractivity contribution in [2.45, 2.75) is 13.1 Å². The lowest BCUT2D eigenvalue weighted by atomic mass is 10.1. The molecule has 110 valence electrons. The molecule has 1 aromatic carbocycles. The minimum absolute atomic E-state index is 0.0752. The summed E-state index contributed by atoms with van der Waals surface area (Å²) < 4.78 is 43.1. The molecule has 0 heterocycles. The number of hydrogen-bond donors (Lipinski definition) is 2. The normalized spacial score (nSPS) is 11.1. The Bertz CT molecular complexity index is 546. The zero-order valence-corrected chi connectivity index (χ0v) is 11.8. The average Bonchev–Trinajstić information content (AvgIpc) is 2.31. The lowest BCUT2D eigenvalue weighted by Crippen LogP contribution is -2.27. The van der Waals surface area contributed by atoms with E-state index in [0.29, 0.717) is 0 Å². The molecule has 0 atom stereocenters. The van der Waals surface area contributed by atoms with E-state index in [2.05, 4.69) is 20.7 Å². The Morgan fingerprint density at radius 3 is 2.50 bits per heavy atom. The van der Waals surface area contributed by atoms with Crippen molar-refractivity contribution < 1.29 is 27.5 Å². The van der Waals surface area contributed by atoms with Crippen LogP contribution in [0.4, 0.5) is 24.5 Å². The van der Waals surface area contributed by atoms with Gasteiger partial charge in [0.2, 0.25) is 0 Å². The highest BCUT2D eigenvalue weighted by molar-refractivity contribution is 9.10. The summed E-state index contributed by atoms with van der Waals surface area (Å²) in [5, 5.41) is 1.82. The van der Waals surface area contributed by atoms with Crippen LogP contribution in [0.25, 0.3) is 0 Å². The SMILES string of the molecule is CCOC(=O)C(=O)Nc1c(N)cc(Br)cc1C(F)(F)F. The van der Waals surface area contributed by atoms with E-state index < -0.39 is 29.3 Å². The van der Waals surface area contributed by atoms with Crippen molar-refractivity contribution in [2.75, 3.05) is 17.7 Å². The number of nitrogens with two attached hydrogens (primary N) is 1. The molecule has 0 unspecified atom stereocenters. The van der Waals surface area contributed by atoms with Crippen LogP contribution in [-0.2, 0) is 20.5 Å². The second kappa shape index (κ2) is 6.12. The first-order chi connectivity index (χ1) is 9.16. The van der Waals surface area contributed by atoms with Gasteiger partial charge in [-0.1, -0.05) is 15.9 Å². The van der Waals surface area contributed by atoms with Crippen molar-refractivity contribution >= 4 is 39.2 Å². The summed E-state index contributed by atoms with van der Waals surface area (Å²) in [7, 11) is 0. The van der Waals surface area contributed by atoms with Crippen molar-refractivity contribution in [1.82, 2.24) is 0 Å². The molecule has 0 aromatic heterocycles. The van der Waals surface area contributed by atoms with Crippen LogP contribution in [0.5, 0.6) is 0 Å². The number of halogens is 4. The summed E-state index contributed by atoms with van der Waals surface area (Å²) in [6.07, 6.45) is -4.74. The predicted molar refractivity (Wildman–Crippen MR) is 68.8 cm³/mol. The maximum absolute atomic E-state index is 12.9. The van der Waals surface area contributed by atoms with Gasteiger partial charge in [-0.15, -0.1) is 0 Å². The van der Waals surface area contributed by atoms with E-state index in [9.17, 15) is 22.8 Å². The van der Waals surface area contributed by atoms with E-state index in [1.807, 2.05) is 5.32 Å². The Labute approximate surface area is 120 Å². The second-order valence-electron chi connectivity index (χ2n) is 3.59. The molecule has 9 heteroatoms. The van der Waals surface area contributed by atoms with Crippen LogP contribution in [0.1, 0.15) is 12.5 Å². The third-order valence-electron chi connectivity index (χ3n) is 2.14. The van der Waals surface area contributed by atoms with E-state index in [4.69, 9.17) is 5.73 Å². The number of hydrogen-bond acceptors (Lipinski definition) is 4. The standard InChI is InChI=1S/C11H10BrF3N2O3/c1-2-20-10(19)9(18)17-8-6(11(13,14)15)3-5(12)4-7(8)16/h3-4H,2,16H2,1H3,(H,17,18). The quantitative estimate of drug-likeness (QED) is 0.485. The molecule has 3 N–H and O–H groups in total. The maximum atomic E-state index is 12.9. The zero-order valence-electron chi connectivity index (χ0n) is 10.2. The molecule has 0 saturated heterocycles. The molecule has 5 nitrogen and oxygen atoms in total. The highest BCUT2D eigenvalue weighted by atomic mass is 79.9. The third-order valence-corrected chi connectivity index (χ3v) is 2.60. The van der Waals surface area contributed by atoms with E-state index in [1.54, 1.807) is 0 Å².